The molecule has 2 N–H and O–H groups in total. The number of benzene rings is 2. The van der Waals surface area contributed by atoms with Crippen LogP contribution in [0.25, 0.3) is 10.9 Å². The summed E-state index contributed by atoms with van der Waals surface area (Å²) in [4.78, 5) is 19.7. The predicted octanol–water partition coefficient (Wildman–Crippen LogP) is 4.64. The molecular formula is C28H27ClFN5O4. The zero-order chi connectivity index (χ0) is 27.2. The minimum Gasteiger partial charge on any atom is -0.486 e. The van der Waals surface area contributed by atoms with Crippen molar-refractivity contribution in [1.29, 1.82) is 5.26 Å². The Morgan fingerprint density at radius 1 is 1.23 bits per heavy atom. The van der Waals surface area contributed by atoms with Crippen LogP contribution in [0.5, 0.6) is 5.75 Å². The molecule has 2 aliphatic heterocycles. The van der Waals surface area contributed by atoms with E-state index in [4.69, 9.17) is 25.8 Å². The van der Waals surface area contributed by atoms with E-state index >= 15 is 0 Å². The van der Waals surface area contributed by atoms with Crippen LogP contribution in [0.3, 0.4) is 0 Å². The van der Waals surface area contributed by atoms with E-state index in [9.17, 15) is 14.4 Å². The summed E-state index contributed by atoms with van der Waals surface area (Å²) in [5.74, 6) is -0.443. The Balaban J connectivity index is 1.49. The molecule has 1 aromatic heterocycles. The summed E-state index contributed by atoms with van der Waals surface area (Å²) in [7, 11) is 0. The van der Waals surface area contributed by atoms with Crippen LogP contribution in [0.15, 0.2) is 48.7 Å². The second-order valence-corrected chi connectivity index (χ2v) is 9.56. The average molecular weight is 552 g/mol. The molecule has 1 atom stereocenters. The molecule has 9 nitrogen and oxygen atoms in total. The number of rotatable bonds is 8. The Labute approximate surface area is 230 Å². The van der Waals surface area contributed by atoms with Gasteiger partial charge in [0.2, 0.25) is 5.91 Å². The number of nitriles is 1. The van der Waals surface area contributed by atoms with Gasteiger partial charge in [-0.2, -0.15) is 5.26 Å². The molecule has 202 valence electrons. The third kappa shape index (κ3) is 6.46. The maximum atomic E-state index is 13.7. The Morgan fingerprint density at radius 2 is 2.08 bits per heavy atom. The molecule has 2 aromatic carbocycles. The van der Waals surface area contributed by atoms with E-state index in [1.54, 1.807) is 12.1 Å². The van der Waals surface area contributed by atoms with Gasteiger partial charge >= 0.3 is 0 Å². The van der Waals surface area contributed by atoms with Gasteiger partial charge in [-0.1, -0.05) is 17.7 Å². The Morgan fingerprint density at radius 3 is 2.82 bits per heavy atom. The van der Waals surface area contributed by atoms with E-state index in [0.29, 0.717) is 66.7 Å². The minimum absolute atomic E-state index is 0.0526. The van der Waals surface area contributed by atoms with Crippen LogP contribution in [0.2, 0.25) is 5.02 Å². The van der Waals surface area contributed by atoms with Gasteiger partial charge in [-0.05, 0) is 30.3 Å². The van der Waals surface area contributed by atoms with Gasteiger partial charge in [0.05, 0.1) is 48.2 Å². The lowest BCUT2D eigenvalue weighted by molar-refractivity contribution is -0.111. The highest BCUT2D eigenvalue weighted by molar-refractivity contribution is 6.31. The third-order valence-electron chi connectivity index (χ3n) is 6.48. The Hall–Kier alpha value is -3.75. The fourth-order valence-electron chi connectivity index (χ4n) is 4.45. The fourth-order valence-corrected chi connectivity index (χ4v) is 4.63. The molecular weight excluding hydrogens is 525 g/mol. The zero-order valence-corrected chi connectivity index (χ0v) is 21.8. The van der Waals surface area contributed by atoms with Crippen LogP contribution in [0, 0.1) is 17.1 Å². The number of hydrogen-bond donors (Lipinski definition) is 2. The van der Waals surface area contributed by atoms with Crippen molar-refractivity contribution in [3.05, 3.63) is 65.1 Å². The first-order chi connectivity index (χ1) is 19.0. The van der Waals surface area contributed by atoms with Gasteiger partial charge in [0.25, 0.3) is 0 Å². The molecule has 0 saturated carbocycles. The molecule has 39 heavy (non-hydrogen) atoms. The molecule has 2 aliphatic rings. The summed E-state index contributed by atoms with van der Waals surface area (Å²) in [6.07, 6.45) is 5.28. The Kier molecular flexibility index (Phi) is 8.54. The van der Waals surface area contributed by atoms with Crippen molar-refractivity contribution < 1.29 is 23.4 Å². The zero-order valence-electron chi connectivity index (χ0n) is 21.1. The highest BCUT2D eigenvalue weighted by atomic mass is 35.5. The molecule has 3 aromatic rings. The summed E-state index contributed by atoms with van der Waals surface area (Å²) < 4.78 is 30.7. The maximum Gasteiger partial charge on any atom is 0.248 e. The number of nitrogens with zero attached hydrogens (tertiary/aromatic N) is 3. The monoisotopic (exact) mass is 551 g/mol. The second kappa shape index (κ2) is 12.4. The van der Waals surface area contributed by atoms with Crippen molar-refractivity contribution in [1.82, 2.24) is 9.88 Å². The summed E-state index contributed by atoms with van der Waals surface area (Å²) in [6, 6.07) is 9.84. The SMILES string of the molecule is N#Cc1cnc2c(NC(=O)/C=C/CN3CCOCC3)c(O[C@H]3CCOC3)ccc2c1Nc1ccc(F)c(Cl)c1. The highest BCUT2D eigenvalue weighted by Gasteiger charge is 2.22. The summed E-state index contributed by atoms with van der Waals surface area (Å²) >= 11 is 5.97. The first-order valence-corrected chi connectivity index (χ1v) is 13.0. The largest absolute Gasteiger partial charge is 0.486 e. The number of ether oxygens (including phenoxy) is 3. The minimum atomic E-state index is -0.549. The summed E-state index contributed by atoms with van der Waals surface area (Å²) in [5, 5.41) is 16.4. The predicted molar refractivity (Wildman–Crippen MR) is 146 cm³/mol. The number of amides is 1. The van der Waals surface area contributed by atoms with Crippen LogP contribution in [0.1, 0.15) is 12.0 Å². The molecule has 3 heterocycles. The number of fused-ring (bicyclic) bond motifs is 1. The van der Waals surface area contributed by atoms with E-state index in [0.717, 1.165) is 19.5 Å². The smallest absolute Gasteiger partial charge is 0.248 e. The van der Waals surface area contributed by atoms with Gasteiger partial charge in [0.1, 0.15) is 29.4 Å². The van der Waals surface area contributed by atoms with Crippen molar-refractivity contribution in [2.45, 2.75) is 12.5 Å². The highest BCUT2D eigenvalue weighted by Crippen LogP contribution is 2.39. The van der Waals surface area contributed by atoms with Crippen molar-refractivity contribution in [2.24, 2.45) is 0 Å². The average Bonchev–Trinajstić information content (AvgIpc) is 3.46. The number of anilines is 3. The van der Waals surface area contributed by atoms with Crippen molar-refractivity contribution in [2.75, 3.05) is 56.7 Å². The van der Waals surface area contributed by atoms with Crippen LogP contribution >= 0.6 is 11.6 Å². The van der Waals surface area contributed by atoms with Crippen molar-refractivity contribution in [3.8, 4) is 11.8 Å². The van der Waals surface area contributed by atoms with Gasteiger partial charge in [-0.15, -0.1) is 0 Å². The number of pyridine rings is 1. The van der Waals surface area contributed by atoms with E-state index in [1.165, 1.54) is 30.5 Å². The normalized spacial score (nSPS) is 17.8. The summed E-state index contributed by atoms with van der Waals surface area (Å²) in [6.45, 7) is 4.67. The van der Waals surface area contributed by atoms with Crippen molar-refractivity contribution in [3.63, 3.8) is 0 Å². The fraction of sp³-hybridized carbons (Fsp3) is 0.321. The van der Waals surface area contributed by atoms with E-state index < -0.39 is 5.82 Å². The number of aromatic nitrogens is 1. The van der Waals surface area contributed by atoms with Crippen LogP contribution in [-0.4, -0.2) is 68.0 Å². The Bertz CT molecular complexity index is 1430. The topological polar surface area (TPSA) is 109 Å². The lowest BCUT2D eigenvalue weighted by Gasteiger charge is -2.25. The molecule has 2 saturated heterocycles. The molecule has 0 radical (unpaired) electrons. The first-order valence-electron chi connectivity index (χ1n) is 12.6. The number of morpholine rings is 1. The van der Waals surface area contributed by atoms with Crippen LogP contribution in [-0.2, 0) is 14.3 Å². The van der Waals surface area contributed by atoms with Crippen LogP contribution in [0.4, 0.5) is 21.5 Å². The van der Waals surface area contributed by atoms with Gasteiger partial charge in [0.15, 0.2) is 0 Å². The number of carbonyl (C=O) groups excluding carboxylic acids is 1. The third-order valence-corrected chi connectivity index (χ3v) is 6.77. The molecule has 11 heteroatoms. The van der Waals surface area contributed by atoms with Crippen LogP contribution < -0.4 is 15.4 Å². The molecule has 0 spiro atoms. The quantitative estimate of drug-likeness (QED) is 0.390. The van der Waals surface area contributed by atoms with E-state index in [-0.39, 0.29) is 22.6 Å². The number of hydrogen-bond acceptors (Lipinski definition) is 8. The second-order valence-electron chi connectivity index (χ2n) is 9.16. The lowest BCUT2D eigenvalue weighted by atomic mass is 10.1. The molecule has 1 amide bonds. The molecule has 0 bridgehead atoms. The number of carbonyl (C=O) groups is 1. The van der Waals surface area contributed by atoms with Gasteiger partial charge < -0.3 is 24.8 Å². The standard InChI is InChI=1S/C28H27ClFN5O4/c29-22-14-19(3-5-23(22)30)33-26-18(15-31)16-32-27-21(26)4-6-24(39-20-7-11-38-17-20)28(27)34-25(36)2-1-8-35-9-12-37-13-10-35/h1-6,14,16,20H,7-13,17H2,(H,32,33)(H,34,36)/b2-1+/t20-/m0/s1. The summed E-state index contributed by atoms with van der Waals surface area (Å²) in [5.41, 5.74) is 2.01. The first kappa shape index (κ1) is 26.8. The van der Waals surface area contributed by atoms with Gasteiger partial charge in [-0.25, -0.2) is 4.39 Å². The molecule has 2 fully saturated rings. The van der Waals surface area contributed by atoms with E-state index in [1.807, 2.05) is 6.08 Å². The van der Waals surface area contributed by atoms with E-state index in [2.05, 4.69) is 26.6 Å². The molecule has 5 rings (SSSR count). The van der Waals surface area contributed by atoms with Crippen molar-refractivity contribution >= 4 is 45.5 Å². The number of nitrogens with one attached hydrogen (secondary N) is 2. The van der Waals surface area contributed by atoms with Gasteiger partial charge in [0, 0.05) is 49.4 Å². The molecule has 0 aliphatic carbocycles. The lowest BCUT2D eigenvalue weighted by Crippen LogP contribution is -2.36. The molecule has 0 unspecified atom stereocenters. The maximum absolute atomic E-state index is 13.7. The van der Waals surface area contributed by atoms with Gasteiger partial charge in [-0.3, -0.25) is 14.7 Å². The number of halogens is 2.